The molecular formula is C22H26N4O3. The number of benzene rings is 1. The molecule has 7 heteroatoms. The van der Waals surface area contributed by atoms with Gasteiger partial charge in [-0.25, -0.2) is 4.68 Å². The van der Waals surface area contributed by atoms with Gasteiger partial charge in [0.1, 0.15) is 23.9 Å². The van der Waals surface area contributed by atoms with Crippen LogP contribution in [0.2, 0.25) is 0 Å². The van der Waals surface area contributed by atoms with Gasteiger partial charge in [-0.05, 0) is 45.7 Å². The number of nitrogens with zero attached hydrogens (tertiary/aromatic N) is 3. The summed E-state index contributed by atoms with van der Waals surface area (Å²) >= 11 is 0. The van der Waals surface area contributed by atoms with E-state index in [2.05, 4.69) is 15.6 Å². The SMILES string of the molecule is Cc1cc(NC(=O)c2ccccc2OCc2c(C)noc2C)n(C2CCCC2)n1. The lowest BCUT2D eigenvalue weighted by Gasteiger charge is -2.16. The summed E-state index contributed by atoms with van der Waals surface area (Å²) in [5.74, 6) is 1.77. The van der Waals surface area contributed by atoms with Gasteiger partial charge >= 0.3 is 0 Å². The summed E-state index contributed by atoms with van der Waals surface area (Å²) in [5.41, 5.74) is 3.07. The van der Waals surface area contributed by atoms with Gasteiger partial charge in [0, 0.05) is 6.07 Å². The number of ether oxygens (including phenoxy) is 1. The minimum atomic E-state index is -0.210. The predicted molar refractivity (Wildman–Crippen MR) is 109 cm³/mol. The maximum Gasteiger partial charge on any atom is 0.260 e. The average molecular weight is 394 g/mol. The second-order valence-electron chi connectivity index (χ2n) is 7.60. The Labute approximate surface area is 170 Å². The highest BCUT2D eigenvalue weighted by Crippen LogP contribution is 2.32. The first-order chi connectivity index (χ1) is 14.0. The van der Waals surface area contributed by atoms with E-state index < -0.39 is 0 Å². The number of carbonyl (C=O) groups is 1. The molecule has 1 N–H and O–H groups in total. The Morgan fingerprint density at radius 2 is 2.00 bits per heavy atom. The van der Waals surface area contributed by atoms with E-state index in [0.717, 1.165) is 41.4 Å². The van der Waals surface area contributed by atoms with Crippen LogP contribution in [0.15, 0.2) is 34.9 Å². The molecule has 3 aromatic rings. The van der Waals surface area contributed by atoms with E-state index in [9.17, 15) is 4.79 Å². The highest BCUT2D eigenvalue weighted by molar-refractivity contribution is 6.05. The fraction of sp³-hybridized carbons (Fsp3) is 0.409. The molecule has 0 bridgehead atoms. The first kappa shape index (κ1) is 19.2. The number of rotatable bonds is 6. The van der Waals surface area contributed by atoms with Gasteiger partial charge in [-0.1, -0.05) is 30.1 Å². The standard InChI is InChI=1S/C22H26N4O3/c1-14-12-21(26(24-14)17-8-4-5-9-17)23-22(27)18-10-6-7-11-20(18)28-13-19-15(2)25-29-16(19)3/h6-7,10-12,17H,4-5,8-9,13H2,1-3H3,(H,23,27). The van der Waals surface area contributed by atoms with E-state index >= 15 is 0 Å². The van der Waals surface area contributed by atoms with Crippen molar-refractivity contribution in [3.63, 3.8) is 0 Å². The monoisotopic (exact) mass is 394 g/mol. The molecule has 0 atom stereocenters. The Morgan fingerprint density at radius 1 is 1.24 bits per heavy atom. The van der Waals surface area contributed by atoms with Crippen LogP contribution in [0.25, 0.3) is 0 Å². The molecule has 1 amide bonds. The van der Waals surface area contributed by atoms with Gasteiger partial charge in [-0.15, -0.1) is 0 Å². The highest BCUT2D eigenvalue weighted by Gasteiger charge is 2.23. The number of nitrogens with one attached hydrogen (secondary N) is 1. The number of aromatic nitrogens is 3. The zero-order valence-electron chi connectivity index (χ0n) is 17.1. The highest BCUT2D eigenvalue weighted by atomic mass is 16.5. The number of hydrogen-bond acceptors (Lipinski definition) is 5. The molecule has 0 saturated heterocycles. The van der Waals surface area contributed by atoms with E-state index in [1.165, 1.54) is 12.8 Å². The van der Waals surface area contributed by atoms with Crippen molar-refractivity contribution in [2.45, 2.75) is 59.1 Å². The first-order valence-electron chi connectivity index (χ1n) is 10.0. The normalized spacial score (nSPS) is 14.3. The van der Waals surface area contributed by atoms with Crippen molar-refractivity contribution in [3.05, 3.63) is 58.6 Å². The third-order valence-corrected chi connectivity index (χ3v) is 5.45. The number of hydrogen-bond donors (Lipinski definition) is 1. The Hall–Kier alpha value is -3.09. The van der Waals surface area contributed by atoms with Crippen LogP contribution in [-0.2, 0) is 6.61 Å². The molecule has 0 unspecified atom stereocenters. The van der Waals surface area contributed by atoms with Crippen molar-refractivity contribution in [2.75, 3.05) is 5.32 Å². The van der Waals surface area contributed by atoms with E-state index in [4.69, 9.17) is 9.26 Å². The summed E-state index contributed by atoms with van der Waals surface area (Å²) in [4.78, 5) is 13.0. The third-order valence-electron chi connectivity index (χ3n) is 5.45. The molecule has 1 aliphatic carbocycles. The third kappa shape index (κ3) is 4.04. The molecule has 152 valence electrons. The summed E-state index contributed by atoms with van der Waals surface area (Å²) in [6.07, 6.45) is 4.60. The molecule has 0 radical (unpaired) electrons. The summed E-state index contributed by atoms with van der Waals surface area (Å²) in [5, 5.41) is 11.6. The fourth-order valence-corrected chi connectivity index (χ4v) is 3.86. The van der Waals surface area contributed by atoms with Crippen LogP contribution in [0.1, 0.15) is 64.8 Å². The summed E-state index contributed by atoms with van der Waals surface area (Å²) < 4.78 is 13.1. The van der Waals surface area contributed by atoms with Crippen LogP contribution in [0.3, 0.4) is 0 Å². The minimum absolute atomic E-state index is 0.210. The van der Waals surface area contributed by atoms with Crippen LogP contribution in [0, 0.1) is 20.8 Å². The van der Waals surface area contributed by atoms with Crippen molar-refractivity contribution in [1.29, 1.82) is 0 Å². The maximum atomic E-state index is 13.0. The largest absolute Gasteiger partial charge is 0.488 e. The summed E-state index contributed by atoms with van der Waals surface area (Å²) in [6.45, 7) is 5.97. The van der Waals surface area contributed by atoms with Gasteiger partial charge < -0.3 is 14.6 Å². The molecule has 0 spiro atoms. The van der Waals surface area contributed by atoms with Crippen molar-refractivity contribution < 1.29 is 14.1 Å². The van der Waals surface area contributed by atoms with Crippen LogP contribution in [0.4, 0.5) is 5.82 Å². The Bertz CT molecular complexity index is 995. The molecular weight excluding hydrogens is 368 g/mol. The molecule has 29 heavy (non-hydrogen) atoms. The summed E-state index contributed by atoms with van der Waals surface area (Å²) in [7, 11) is 0. The second kappa shape index (κ2) is 8.11. The van der Waals surface area contributed by atoms with Crippen molar-refractivity contribution in [3.8, 4) is 5.75 Å². The topological polar surface area (TPSA) is 82.2 Å². The van der Waals surface area contributed by atoms with Gasteiger partial charge in [0.25, 0.3) is 5.91 Å². The minimum Gasteiger partial charge on any atom is -0.488 e. The molecule has 2 heterocycles. The lowest BCUT2D eigenvalue weighted by molar-refractivity contribution is 0.102. The van der Waals surface area contributed by atoms with Crippen molar-refractivity contribution in [2.24, 2.45) is 0 Å². The molecule has 7 nitrogen and oxygen atoms in total. The Morgan fingerprint density at radius 3 is 2.72 bits per heavy atom. The molecule has 1 aliphatic rings. The van der Waals surface area contributed by atoms with Crippen LogP contribution >= 0.6 is 0 Å². The maximum absolute atomic E-state index is 13.0. The first-order valence-corrected chi connectivity index (χ1v) is 10.0. The molecule has 1 fully saturated rings. The zero-order valence-corrected chi connectivity index (χ0v) is 17.1. The molecule has 2 aromatic heterocycles. The molecule has 0 aliphatic heterocycles. The van der Waals surface area contributed by atoms with Gasteiger partial charge in [-0.2, -0.15) is 5.10 Å². The van der Waals surface area contributed by atoms with Crippen molar-refractivity contribution in [1.82, 2.24) is 14.9 Å². The molecule has 1 saturated carbocycles. The van der Waals surface area contributed by atoms with Crippen molar-refractivity contribution >= 4 is 11.7 Å². The predicted octanol–water partition coefficient (Wildman–Crippen LogP) is 4.74. The smallest absolute Gasteiger partial charge is 0.260 e. The van der Waals surface area contributed by atoms with E-state index in [1.807, 2.05) is 43.7 Å². The fourth-order valence-electron chi connectivity index (χ4n) is 3.86. The van der Waals surface area contributed by atoms with E-state index in [1.54, 1.807) is 12.1 Å². The number of amides is 1. The lowest BCUT2D eigenvalue weighted by Crippen LogP contribution is -2.18. The van der Waals surface area contributed by atoms with Gasteiger partial charge in [0.05, 0.1) is 28.6 Å². The molecule has 1 aromatic carbocycles. The molecule has 4 rings (SSSR count). The number of aryl methyl sites for hydroxylation is 3. The second-order valence-corrected chi connectivity index (χ2v) is 7.60. The lowest BCUT2D eigenvalue weighted by atomic mass is 10.1. The van der Waals surface area contributed by atoms with E-state index in [-0.39, 0.29) is 5.91 Å². The Kier molecular flexibility index (Phi) is 5.38. The number of anilines is 1. The van der Waals surface area contributed by atoms with Gasteiger partial charge in [0.15, 0.2) is 0 Å². The van der Waals surface area contributed by atoms with Crippen LogP contribution in [-0.4, -0.2) is 20.8 Å². The van der Waals surface area contributed by atoms with Crippen LogP contribution in [0.5, 0.6) is 5.75 Å². The zero-order chi connectivity index (χ0) is 20.4. The number of para-hydroxylation sites is 1. The van der Waals surface area contributed by atoms with Crippen LogP contribution < -0.4 is 10.1 Å². The Balaban J connectivity index is 1.53. The number of carbonyl (C=O) groups excluding carboxylic acids is 1. The summed E-state index contributed by atoms with van der Waals surface area (Å²) in [6, 6.07) is 9.52. The van der Waals surface area contributed by atoms with Gasteiger partial charge in [0.2, 0.25) is 0 Å². The quantitative estimate of drug-likeness (QED) is 0.653. The van der Waals surface area contributed by atoms with Gasteiger partial charge in [-0.3, -0.25) is 4.79 Å². The van der Waals surface area contributed by atoms with E-state index in [0.29, 0.717) is 24.0 Å². The average Bonchev–Trinajstić information content (AvgIpc) is 3.42.